The molecule has 0 bridgehead atoms. The first-order valence-electron chi connectivity index (χ1n) is 23.1. The van der Waals surface area contributed by atoms with E-state index >= 15 is 0 Å². The van der Waals surface area contributed by atoms with Crippen molar-refractivity contribution in [3.05, 3.63) is 52.1 Å². The lowest BCUT2D eigenvalue weighted by atomic mass is 10.0. The lowest BCUT2D eigenvalue weighted by Gasteiger charge is -2.23. The molecule has 0 spiro atoms. The molecular formula is C46H70N6O12. The number of ether oxygens (including phenoxy) is 5. The van der Waals surface area contributed by atoms with Crippen LogP contribution in [-0.4, -0.2) is 98.3 Å². The van der Waals surface area contributed by atoms with Gasteiger partial charge in [-0.25, -0.2) is 14.6 Å². The van der Waals surface area contributed by atoms with E-state index in [0.717, 1.165) is 24.8 Å². The maximum absolute atomic E-state index is 13.3. The average Bonchev–Trinajstić information content (AvgIpc) is 3.83. The maximum atomic E-state index is 13.3. The van der Waals surface area contributed by atoms with Crippen LogP contribution in [0.1, 0.15) is 147 Å². The summed E-state index contributed by atoms with van der Waals surface area (Å²) in [6.07, 6.45) is 11.6. The number of aliphatic hydroxyl groups is 2. The van der Waals surface area contributed by atoms with Gasteiger partial charge in [0.1, 0.15) is 49.5 Å². The topological polar surface area (TPSA) is 267 Å². The molecule has 1 aromatic carbocycles. The first-order chi connectivity index (χ1) is 30.9. The molecule has 1 saturated heterocycles. The van der Waals surface area contributed by atoms with Crippen molar-refractivity contribution in [3.8, 4) is 0 Å². The average molecular weight is 899 g/mol. The number of carbonyl (C=O) groups excluding carboxylic acids is 4. The van der Waals surface area contributed by atoms with Gasteiger partial charge in [0.15, 0.2) is 11.2 Å². The molecule has 1 fully saturated rings. The molecule has 2 aromatic heterocycles. The van der Waals surface area contributed by atoms with Crippen LogP contribution >= 0.6 is 0 Å². The molecule has 7 N–H and O–H groups in total. The molecule has 1 amide bonds. The van der Waals surface area contributed by atoms with Gasteiger partial charge in [0.2, 0.25) is 5.95 Å². The van der Waals surface area contributed by atoms with E-state index in [0.29, 0.717) is 6.42 Å². The van der Waals surface area contributed by atoms with Gasteiger partial charge in [-0.3, -0.25) is 19.4 Å². The number of nitrogens with two attached hydrogens (primary N) is 1. The number of hydrogen-bond acceptors (Lipinski definition) is 15. The number of carbonyl (C=O) groups is 4. The molecule has 1 aliphatic rings. The second-order valence-corrected chi connectivity index (χ2v) is 17.0. The third kappa shape index (κ3) is 17.8. The van der Waals surface area contributed by atoms with Crippen LogP contribution in [0.2, 0.25) is 0 Å². The highest BCUT2D eigenvalue weighted by atomic mass is 16.6. The van der Waals surface area contributed by atoms with Gasteiger partial charge in [-0.2, -0.15) is 4.98 Å². The van der Waals surface area contributed by atoms with Crippen LogP contribution in [0.5, 0.6) is 0 Å². The van der Waals surface area contributed by atoms with Gasteiger partial charge >= 0.3 is 24.0 Å². The van der Waals surface area contributed by atoms with Gasteiger partial charge in [0.05, 0.1) is 19.6 Å². The van der Waals surface area contributed by atoms with E-state index in [1.54, 1.807) is 26.0 Å². The van der Waals surface area contributed by atoms with Gasteiger partial charge < -0.3 is 49.9 Å². The number of nitrogens with zero attached hydrogens (tertiary/aromatic N) is 2. The number of aliphatic hydroxyl groups excluding tert-OH is 2. The SMILES string of the molecule is CCCCCCCCCCCCCCCCCC(=O)OCC(COC(=O)[C@@H](NC(=O)OCc1ccccc1)C(C)C)CC(=O)OC[C@H]1OC(c2nc3nc(N)[nH]c(=O)c3[nH]2)[C@@H](O)[C@@H]1O. The van der Waals surface area contributed by atoms with Gasteiger partial charge in [-0.05, 0) is 17.9 Å². The minimum Gasteiger partial charge on any atom is -0.465 e. The summed E-state index contributed by atoms with van der Waals surface area (Å²) in [4.78, 5) is 77.3. The predicted octanol–water partition coefficient (Wildman–Crippen LogP) is 6.24. The Balaban J connectivity index is 1.24. The summed E-state index contributed by atoms with van der Waals surface area (Å²) in [5.41, 5.74) is 5.75. The number of rotatable bonds is 30. The Morgan fingerprint density at radius 2 is 1.39 bits per heavy atom. The Bertz CT molecular complexity index is 1920. The number of amides is 1. The van der Waals surface area contributed by atoms with E-state index in [2.05, 4.69) is 32.2 Å². The number of aromatic nitrogens is 4. The number of unbranched alkanes of at least 4 members (excludes halogenated alkanes) is 14. The first kappa shape index (κ1) is 51.6. The number of nitrogens with one attached hydrogen (secondary N) is 3. The van der Waals surface area contributed by atoms with Crippen molar-refractivity contribution in [1.29, 1.82) is 0 Å². The monoisotopic (exact) mass is 899 g/mol. The van der Waals surface area contributed by atoms with Crippen molar-refractivity contribution in [1.82, 2.24) is 25.3 Å². The van der Waals surface area contributed by atoms with Crippen LogP contribution in [0.15, 0.2) is 35.1 Å². The summed E-state index contributed by atoms with van der Waals surface area (Å²) in [7, 11) is 0. The second kappa shape index (κ2) is 28.0. The van der Waals surface area contributed by atoms with Crippen molar-refractivity contribution in [3.63, 3.8) is 0 Å². The third-order valence-corrected chi connectivity index (χ3v) is 11.2. The van der Waals surface area contributed by atoms with Gasteiger partial charge in [-0.1, -0.05) is 141 Å². The highest BCUT2D eigenvalue weighted by molar-refractivity contribution is 5.81. The number of fused-ring (bicyclic) bond motifs is 1. The van der Waals surface area contributed by atoms with Gasteiger partial charge in [0.25, 0.3) is 5.56 Å². The number of anilines is 1. The molecule has 18 nitrogen and oxygen atoms in total. The zero-order chi connectivity index (χ0) is 46.3. The van der Waals surface area contributed by atoms with Crippen molar-refractivity contribution in [2.45, 2.75) is 167 Å². The molecule has 64 heavy (non-hydrogen) atoms. The lowest BCUT2D eigenvalue weighted by molar-refractivity contribution is -0.158. The fraction of sp³-hybridized carbons (Fsp3) is 0.674. The first-order valence-corrected chi connectivity index (χ1v) is 23.1. The fourth-order valence-corrected chi connectivity index (χ4v) is 7.43. The summed E-state index contributed by atoms with van der Waals surface area (Å²) in [6.45, 7) is 4.60. The number of nitrogen functional groups attached to an aromatic ring is 1. The summed E-state index contributed by atoms with van der Waals surface area (Å²) in [6, 6.07) is 7.97. The maximum Gasteiger partial charge on any atom is 0.408 e. The molecule has 3 aromatic rings. The smallest absolute Gasteiger partial charge is 0.408 e. The number of imidazole rings is 1. The predicted molar refractivity (Wildman–Crippen MR) is 237 cm³/mol. The fourth-order valence-electron chi connectivity index (χ4n) is 7.43. The number of aromatic amines is 2. The van der Waals surface area contributed by atoms with E-state index in [1.165, 1.54) is 70.6 Å². The van der Waals surface area contributed by atoms with Crippen LogP contribution in [0.3, 0.4) is 0 Å². The Kier molecular flexibility index (Phi) is 22.5. The number of benzene rings is 1. The summed E-state index contributed by atoms with van der Waals surface area (Å²) >= 11 is 0. The summed E-state index contributed by atoms with van der Waals surface area (Å²) in [5.74, 6) is -3.39. The molecule has 2 unspecified atom stereocenters. The van der Waals surface area contributed by atoms with Crippen LogP contribution in [0.25, 0.3) is 11.2 Å². The molecular weight excluding hydrogens is 829 g/mol. The molecule has 1 aliphatic heterocycles. The lowest BCUT2D eigenvalue weighted by Crippen LogP contribution is -2.46. The molecule has 0 radical (unpaired) electrons. The highest BCUT2D eigenvalue weighted by Gasteiger charge is 2.45. The largest absolute Gasteiger partial charge is 0.465 e. The molecule has 356 valence electrons. The Morgan fingerprint density at radius 3 is 2.02 bits per heavy atom. The molecule has 4 rings (SSSR count). The highest BCUT2D eigenvalue weighted by Crippen LogP contribution is 2.33. The third-order valence-electron chi connectivity index (χ3n) is 11.2. The summed E-state index contributed by atoms with van der Waals surface area (Å²) in [5, 5.41) is 24.0. The molecule has 18 heteroatoms. The minimum absolute atomic E-state index is 0.00189. The normalized spacial score (nSPS) is 18.2. The van der Waals surface area contributed by atoms with Gasteiger partial charge in [-0.15, -0.1) is 0 Å². The Hall–Kier alpha value is -5.07. The van der Waals surface area contributed by atoms with E-state index in [-0.39, 0.29) is 61.5 Å². The quantitative estimate of drug-likeness (QED) is 0.0246. The minimum atomic E-state index is -1.50. The Morgan fingerprint density at radius 1 is 0.781 bits per heavy atom. The van der Waals surface area contributed by atoms with E-state index in [9.17, 15) is 34.2 Å². The number of hydrogen-bond donors (Lipinski definition) is 6. The summed E-state index contributed by atoms with van der Waals surface area (Å²) < 4.78 is 27.6. The van der Waals surface area contributed by atoms with Crippen LogP contribution in [0, 0.1) is 11.8 Å². The van der Waals surface area contributed by atoms with Crippen LogP contribution in [0.4, 0.5) is 10.7 Å². The molecule has 0 aliphatic carbocycles. The van der Waals surface area contributed by atoms with E-state index < -0.39 is 72.5 Å². The van der Waals surface area contributed by atoms with E-state index in [1.807, 2.05) is 18.2 Å². The van der Waals surface area contributed by atoms with Crippen LogP contribution in [-0.2, 0) is 44.7 Å². The second-order valence-electron chi connectivity index (χ2n) is 17.0. The van der Waals surface area contributed by atoms with Gasteiger partial charge in [0, 0.05) is 12.3 Å². The van der Waals surface area contributed by atoms with Crippen molar-refractivity contribution in [2.75, 3.05) is 25.6 Å². The van der Waals surface area contributed by atoms with E-state index in [4.69, 9.17) is 29.4 Å². The molecule has 0 saturated carbocycles. The zero-order valence-electron chi connectivity index (χ0n) is 37.7. The Labute approximate surface area is 375 Å². The van der Waals surface area contributed by atoms with Crippen molar-refractivity contribution >= 4 is 41.1 Å². The molecule has 3 heterocycles. The van der Waals surface area contributed by atoms with Crippen molar-refractivity contribution in [2.24, 2.45) is 11.8 Å². The number of alkyl carbamates (subject to hydrolysis) is 1. The number of H-pyrrole nitrogens is 2. The number of esters is 3. The van der Waals surface area contributed by atoms with Crippen molar-refractivity contribution < 1.29 is 53.1 Å². The zero-order valence-corrected chi connectivity index (χ0v) is 37.7. The van der Waals surface area contributed by atoms with Crippen LogP contribution < -0.4 is 16.6 Å². The molecule has 6 atom stereocenters. The standard InChI is InChI=1S/C46H70N6O12/c1-4-5-6-7-8-9-10-11-12-13-14-15-16-17-21-24-34(53)60-27-32(28-62-44(58)36(30(2)3)49-46(59)63-26-31-22-19-18-20-23-31)25-35(54)61-29-33-38(55)39(56)40(64-33)42-48-37-41(50-42)51-45(47)52-43(37)57/h18-20,22-23,30,32-33,36,38-40,55-56H,4-17,21,24-29H2,1-3H3,(H,49,59)(H4,47,48,50,51,52,57)/t32?,33-,36+,38-,39+,40?/m1/s1.